The Morgan fingerprint density at radius 3 is 2.46 bits per heavy atom. The zero-order chi connectivity index (χ0) is 16.8. The lowest BCUT2D eigenvalue weighted by atomic mass is 9.95. The van der Waals surface area contributed by atoms with Crippen LogP contribution in [0.2, 0.25) is 0 Å². The normalized spacial score (nSPS) is 14.9. The standard InChI is InChI=1S/C18H23N5O/c1-13(24)20-15-7-9-16(10-8-15)22-18-19-12-11-17(23-18)21-14-5-3-2-4-6-14/h7-12,14H,2-6H2,1H3,(H,20,24)(H2,19,21,22,23). The van der Waals surface area contributed by atoms with Gasteiger partial charge in [0.15, 0.2) is 0 Å². The Hall–Kier alpha value is -2.63. The number of amides is 1. The Balaban J connectivity index is 1.62. The second-order valence-corrected chi connectivity index (χ2v) is 6.13. The predicted octanol–water partition coefficient (Wildman–Crippen LogP) is 3.92. The average Bonchev–Trinajstić information content (AvgIpc) is 2.57. The van der Waals surface area contributed by atoms with Crippen LogP contribution in [0.4, 0.5) is 23.1 Å². The highest BCUT2D eigenvalue weighted by atomic mass is 16.1. The van der Waals surface area contributed by atoms with Gasteiger partial charge in [-0.15, -0.1) is 0 Å². The van der Waals surface area contributed by atoms with Crippen LogP contribution in [0.15, 0.2) is 36.5 Å². The molecule has 3 N–H and O–H groups in total. The Kier molecular flexibility index (Phi) is 5.25. The van der Waals surface area contributed by atoms with Crippen molar-refractivity contribution >= 4 is 29.0 Å². The van der Waals surface area contributed by atoms with Crippen LogP contribution in [0, 0.1) is 0 Å². The van der Waals surface area contributed by atoms with Gasteiger partial charge in [-0.05, 0) is 43.2 Å². The third-order valence-corrected chi connectivity index (χ3v) is 4.07. The van der Waals surface area contributed by atoms with Crippen molar-refractivity contribution in [2.24, 2.45) is 0 Å². The summed E-state index contributed by atoms with van der Waals surface area (Å²) in [4.78, 5) is 19.8. The first-order valence-electron chi connectivity index (χ1n) is 8.43. The SMILES string of the molecule is CC(=O)Nc1ccc(Nc2nccc(NC3CCCCC3)n2)cc1. The van der Waals surface area contributed by atoms with Gasteiger partial charge in [0.05, 0.1) is 0 Å². The van der Waals surface area contributed by atoms with Gasteiger partial charge in [0.1, 0.15) is 5.82 Å². The van der Waals surface area contributed by atoms with Crippen LogP contribution >= 0.6 is 0 Å². The topological polar surface area (TPSA) is 78.9 Å². The van der Waals surface area contributed by atoms with E-state index in [4.69, 9.17) is 0 Å². The van der Waals surface area contributed by atoms with E-state index in [9.17, 15) is 4.79 Å². The molecule has 0 aliphatic heterocycles. The summed E-state index contributed by atoms with van der Waals surface area (Å²) in [6.45, 7) is 1.49. The Morgan fingerprint density at radius 1 is 1.04 bits per heavy atom. The molecule has 0 saturated heterocycles. The lowest BCUT2D eigenvalue weighted by Crippen LogP contribution is -2.22. The summed E-state index contributed by atoms with van der Waals surface area (Å²) in [6.07, 6.45) is 8.08. The van der Waals surface area contributed by atoms with Crippen LogP contribution < -0.4 is 16.0 Å². The molecule has 3 rings (SSSR count). The highest BCUT2D eigenvalue weighted by Gasteiger charge is 2.13. The fourth-order valence-corrected chi connectivity index (χ4v) is 2.92. The van der Waals surface area contributed by atoms with Crippen molar-refractivity contribution in [3.63, 3.8) is 0 Å². The van der Waals surface area contributed by atoms with E-state index in [1.807, 2.05) is 30.3 Å². The minimum atomic E-state index is -0.0828. The molecule has 1 aliphatic carbocycles. The van der Waals surface area contributed by atoms with Crippen LogP contribution in [-0.4, -0.2) is 21.9 Å². The number of benzene rings is 1. The molecule has 6 nitrogen and oxygen atoms in total. The number of hydrogen-bond donors (Lipinski definition) is 3. The van der Waals surface area contributed by atoms with Crippen molar-refractivity contribution in [1.29, 1.82) is 0 Å². The summed E-state index contributed by atoms with van der Waals surface area (Å²) in [7, 11) is 0. The molecule has 24 heavy (non-hydrogen) atoms. The van der Waals surface area contributed by atoms with Crippen LogP contribution in [0.1, 0.15) is 39.0 Å². The first-order valence-corrected chi connectivity index (χ1v) is 8.43. The van der Waals surface area contributed by atoms with E-state index >= 15 is 0 Å². The third-order valence-electron chi connectivity index (χ3n) is 4.07. The maximum absolute atomic E-state index is 11.0. The van der Waals surface area contributed by atoms with Crippen molar-refractivity contribution in [2.45, 2.75) is 45.1 Å². The second kappa shape index (κ2) is 7.77. The smallest absolute Gasteiger partial charge is 0.229 e. The lowest BCUT2D eigenvalue weighted by molar-refractivity contribution is -0.114. The quantitative estimate of drug-likeness (QED) is 0.776. The maximum Gasteiger partial charge on any atom is 0.229 e. The zero-order valence-corrected chi connectivity index (χ0v) is 13.9. The van der Waals surface area contributed by atoms with E-state index in [1.54, 1.807) is 6.20 Å². The molecule has 0 unspecified atom stereocenters. The molecule has 6 heteroatoms. The molecule has 1 aromatic carbocycles. The molecule has 1 heterocycles. The number of hydrogen-bond acceptors (Lipinski definition) is 5. The highest BCUT2D eigenvalue weighted by molar-refractivity contribution is 5.88. The highest BCUT2D eigenvalue weighted by Crippen LogP contribution is 2.22. The van der Waals surface area contributed by atoms with Crippen molar-refractivity contribution in [3.05, 3.63) is 36.5 Å². The number of aromatic nitrogens is 2. The molecule has 0 radical (unpaired) electrons. The molecular weight excluding hydrogens is 302 g/mol. The van der Waals surface area contributed by atoms with Crippen molar-refractivity contribution < 1.29 is 4.79 Å². The van der Waals surface area contributed by atoms with Crippen LogP contribution in [0.3, 0.4) is 0 Å². The fraction of sp³-hybridized carbons (Fsp3) is 0.389. The number of nitrogens with zero attached hydrogens (tertiary/aromatic N) is 2. The molecule has 2 aromatic rings. The maximum atomic E-state index is 11.0. The molecule has 0 spiro atoms. The zero-order valence-electron chi connectivity index (χ0n) is 13.9. The number of carbonyl (C=O) groups is 1. The minimum absolute atomic E-state index is 0.0828. The van der Waals surface area contributed by atoms with E-state index in [0.29, 0.717) is 12.0 Å². The number of nitrogens with one attached hydrogen (secondary N) is 3. The molecule has 126 valence electrons. The van der Waals surface area contributed by atoms with E-state index < -0.39 is 0 Å². The minimum Gasteiger partial charge on any atom is -0.367 e. The fourth-order valence-electron chi connectivity index (χ4n) is 2.92. The summed E-state index contributed by atoms with van der Waals surface area (Å²) < 4.78 is 0. The summed E-state index contributed by atoms with van der Waals surface area (Å²) in [5, 5.41) is 9.43. The van der Waals surface area contributed by atoms with Crippen LogP contribution in [0.5, 0.6) is 0 Å². The van der Waals surface area contributed by atoms with Gasteiger partial charge >= 0.3 is 0 Å². The summed E-state index contributed by atoms with van der Waals surface area (Å²) >= 11 is 0. The van der Waals surface area contributed by atoms with Gasteiger partial charge in [-0.25, -0.2) is 4.98 Å². The monoisotopic (exact) mass is 325 g/mol. The summed E-state index contributed by atoms with van der Waals surface area (Å²) in [6, 6.07) is 9.87. The molecule has 1 saturated carbocycles. The first kappa shape index (κ1) is 16.2. The molecule has 0 atom stereocenters. The van der Waals surface area contributed by atoms with Crippen molar-refractivity contribution in [1.82, 2.24) is 9.97 Å². The Morgan fingerprint density at radius 2 is 1.75 bits per heavy atom. The predicted molar refractivity (Wildman–Crippen MR) is 96.6 cm³/mol. The number of carbonyl (C=O) groups excluding carboxylic acids is 1. The van der Waals surface area contributed by atoms with E-state index in [2.05, 4.69) is 25.9 Å². The number of anilines is 4. The van der Waals surface area contributed by atoms with Gasteiger partial charge in [0.2, 0.25) is 11.9 Å². The molecule has 1 aliphatic rings. The Bertz CT molecular complexity index is 680. The van der Waals surface area contributed by atoms with Gasteiger partial charge < -0.3 is 16.0 Å². The third kappa shape index (κ3) is 4.68. The molecule has 1 aromatic heterocycles. The lowest BCUT2D eigenvalue weighted by Gasteiger charge is -2.23. The average molecular weight is 325 g/mol. The molecule has 1 amide bonds. The molecule has 0 bridgehead atoms. The van der Waals surface area contributed by atoms with Crippen LogP contribution in [-0.2, 0) is 4.79 Å². The largest absolute Gasteiger partial charge is 0.367 e. The van der Waals surface area contributed by atoms with Gasteiger partial charge in [-0.1, -0.05) is 19.3 Å². The van der Waals surface area contributed by atoms with E-state index in [-0.39, 0.29) is 5.91 Å². The first-order chi connectivity index (χ1) is 11.7. The van der Waals surface area contributed by atoms with E-state index in [0.717, 1.165) is 17.2 Å². The molecule has 1 fully saturated rings. The van der Waals surface area contributed by atoms with Crippen molar-refractivity contribution in [2.75, 3.05) is 16.0 Å². The second-order valence-electron chi connectivity index (χ2n) is 6.13. The van der Waals surface area contributed by atoms with Crippen LogP contribution in [0.25, 0.3) is 0 Å². The summed E-state index contributed by atoms with van der Waals surface area (Å²) in [5.41, 5.74) is 1.64. The Labute approximate surface area is 142 Å². The van der Waals surface area contributed by atoms with E-state index in [1.165, 1.54) is 39.0 Å². The van der Waals surface area contributed by atoms with Crippen molar-refractivity contribution in [3.8, 4) is 0 Å². The van der Waals surface area contributed by atoms with Gasteiger partial charge in [-0.3, -0.25) is 4.79 Å². The van der Waals surface area contributed by atoms with Gasteiger partial charge in [0.25, 0.3) is 0 Å². The molecular formula is C18H23N5O. The van der Waals surface area contributed by atoms with Gasteiger partial charge in [0, 0.05) is 30.5 Å². The summed E-state index contributed by atoms with van der Waals surface area (Å²) in [5.74, 6) is 1.33. The van der Waals surface area contributed by atoms with Gasteiger partial charge in [-0.2, -0.15) is 4.98 Å². The number of rotatable bonds is 5.